The summed E-state index contributed by atoms with van der Waals surface area (Å²) in [6.45, 7) is 4.72. The first-order valence-corrected chi connectivity index (χ1v) is 9.58. The minimum absolute atomic E-state index is 0.0469. The van der Waals surface area contributed by atoms with Crippen LogP contribution in [-0.4, -0.2) is 66.5 Å². The first-order chi connectivity index (χ1) is 12.4. The van der Waals surface area contributed by atoms with Crippen LogP contribution in [0.1, 0.15) is 19.8 Å². The van der Waals surface area contributed by atoms with Crippen molar-refractivity contribution in [1.82, 2.24) is 9.80 Å². The summed E-state index contributed by atoms with van der Waals surface area (Å²) in [7, 11) is 0. The van der Waals surface area contributed by atoms with Crippen LogP contribution in [0.5, 0.6) is 0 Å². The molecule has 0 saturated carbocycles. The average Bonchev–Trinajstić information content (AvgIpc) is 3.02. The maximum atomic E-state index is 12.7. The van der Waals surface area contributed by atoms with E-state index >= 15 is 0 Å². The van der Waals surface area contributed by atoms with E-state index in [-0.39, 0.29) is 30.5 Å². The van der Waals surface area contributed by atoms with Gasteiger partial charge in [-0.3, -0.25) is 14.5 Å². The van der Waals surface area contributed by atoms with Gasteiger partial charge in [-0.2, -0.15) is 0 Å². The highest BCUT2D eigenvalue weighted by atomic mass is 35.5. The van der Waals surface area contributed by atoms with Crippen LogP contribution in [0.15, 0.2) is 18.2 Å². The van der Waals surface area contributed by atoms with Crippen LogP contribution in [0.3, 0.4) is 0 Å². The van der Waals surface area contributed by atoms with Gasteiger partial charge in [-0.1, -0.05) is 23.2 Å². The van der Waals surface area contributed by atoms with Crippen LogP contribution in [0.2, 0.25) is 10.0 Å². The van der Waals surface area contributed by atoms with Crippen molar-refractivity contribution in [3.63, 3.8) is 0 Å². The summed E-state index contributed by atoms with van der Waals surface area (Å²) in [6.07, 6.45) is 1.67. The number of carbonyl (C=O) groups excluding carboxylic acids is 2. The number of halogens is 2. The highest BCUT2D eigenvalue weighted by Gasteiger charge is 2.33. The molecule has 142 valence electrons. The molecule has 0 bridgehead atoms. The monoisotopic (exact) mass is 399 g/mol. The van der Waals surface area contributed by atoms with Crippen molar-refractivity contribution in [3.8, 4) is 0 Å². The van der Waals surface area contributed by atoms with E-state index in [2.05, 4.69) is 5.32 Å². The minimum atomic E-state index is -0.324. The summed E-state index contributed by atoms with van der Waals surface area (Å²) in [6, 6.07) is 4.61. The molecule has 0 spiro atoms. The van der Waals surface area contributed by atoms with E-state index in [1.807, 2.05) is 16.7 Å². The molecule has 2 saturated heterocycles. The van der Waals surface area contributed by atoms with E-state index < -0.39 is 0 Å². The first-order valence-electron chi connectivity index (χ1n) is 8.83. The lowest BCUT2D eigenvalue weighted by Crippen LogP contribution is -2.50. The van der Waals surface area contributed by atoms with E-state index in [0.717, 1.165) is 19.4 Å². The summed E-state index contributed by atoms with van der Waals surface area (Å²) in [5.74, 6) is -0.0883. The van der Waals surface area contributed by atoms with Gasteiger partial charge in [0.15, 0.2) is 0 Å². The number of hydrogen-bond acceptors (Lipinski definition) is 4. The molecule has 0 unspecified atom stereocenters. The topological polar surface area (TPSA) is 61.9 Å². The van der Waals surface area contributed by atoms with Gasteiger partial charge in [0.2, 0.25) is 11.8 Å². The lowest BCUT2D eigenvalue weighted by Gasteiger charge is -2.33. The zero-order valence-electron chi connectivity index (χ0n) is 14.7. The Morgan fingerprint density at radius 1 is 1.23 bits per heavy atom. The minimum Gasteiger partial charge on any atom is -0.375 e. The van der Waals surface area contributed by atoms with Gasteiger partial charge in [0.05, 0.1) is 25.3 Å². The molecule has 2 aliphatic rings. The summed E-state index contributed by atoms with van der Waals surface area (Å²) >= 11 is 12.0. The first kappa shape index (κ1) is 19.4. The van der Waals surface area contributed by atoms with Crippen LogP contribution < -0.4 is 5.32 Å². The van der Waals surface area contributed by atoms with Gasteiger partial charge in [-0.15, -0.1) is 0 Å². The summed E-state index contributed by atoms with van der Waals surface area (Å²) < 4.78 is 5.48. The van der Waals surface area contributed by atoms with Crippen molar-refractivity contribution >= 4 is 40.7 Å². The molecule has 2 aliphatic heterocycles. The number of likely N-dealkylation sites (tertiary alicyclic amines) is 1. The number of nitrogens with one attached hydrogen (secondary N) is 1. The highest BCUT2D eigenvalue weighted by molar-refractivity contribution is 6.35. The molecule has 2 fully saturated rings. The molecule has 8 heteroatoms. The van der Waals surface area contributed by atoms with Crippen molar-refractivity contribution in [2.45, 2.75) is 31.9 Å². The molecule has 26 heavy (non-hydrogen) atoms. The van der Waals surface area contributed by atoms with Gasteiger partial charge < -0.3 is 15.0 Å². The molecule has 0 aliphatic carbocycles. The fourth-order valence-electron chi connectivity index (χ4n) is 3.48. The van der Waals surface area contributed by atoms with Crippen LogP contribution in [0, 0.1) is 0 Å². The molecule has 0 aromatic heterocycles. The number of hydrogen-bond donors (Lipinski definition) is 1. The smallest absolute Gasteiger partial charge is 0.241 e. The number of benzene rings is 1. The Morgan fingerprint density at radius 2 is 1.96 bits per heavy atom. The molecule has 1 N–H and O–H groups in total. The lowest BCUT2D eigenvalue weighted by atomic mass is 10.2. The molecule has 2 amide bonds. The number of ether oxygens (including phenoxy) is 1. The number of nitrogens with zero attached hydrogens (tertiary/aromatic N) is 2. The Balaban J connectivity index is 1.60. The maximum Gasteiger partial charge on any atom is 0.241 e. The van der Waals surface area contributed by atoms with Crippen LogP contribution in [0.4, 0.5) is 5.69 Å². The highest BCUT2D eigenvalue weighted by Crippen LogP contribution is 2.24. The number of amides is 2. The zero-order valence-corrected chi connectivity index (χ0v) is 16.2. The number of carbonyl (C=O) groups is 2. The summed E-state index contributed by atoms with van der Waals surface area (Å²) in [4.78, 5) is 29.0. The second-order valence-corrected chi connectivity index (χ2v) is 7.67. The number of rotatable bonds is 4. The third kappa shape index (κ3) is 4.88. The summed E-state index contributed by atoms with van der Waals surface area (Å²) in [5.41, 5.74) is 0.563. The standard InChI is InChI=1S/C18H23Cl2N3O3/c1-12-10-23(5-6-26-12)17(24)11-22-4-2-3-16(22)18(25)21-15-8-13(19)7-14(20)9-15/h7-9,12,16H,2-6,10-11H2,1H3,(H,21,25)/t12-,16+/m0/s1. The maximum absolute atomic E-state index is 12.7. The van der Waals surface area contributed by atoms with Gasteiger partial charge in [0.1, 0.15) is 0 Å². The normalized spacial score (nSPS) is 23.9. The fraction of sp³-hybridized carbons (Fsp3) is 0.556. The molecule has 6 nitrogen and oxygen atoms in total. The van der Waals surface area contributed by atoms with Gasteiger partial charge in [-0.25, -0.2) is 0 Å². The Labute approximate surface area is 163 Å². The van der Waals surface area contributed by atoms with Crippen molar-refractivity contribution in [1.29, 1.82) is 0 Å². The SMILES string of the molecule is C[C@H]1CN(C(=O)CN2CCC[C@@H]2C(=O)Nc2cc(Cl)cc(Cl)c2)CCO1. The Kier molecular flexibility index (Phi) is 6.40. The number of anilines is 1. The second-order valence-electron chi connectivity index (χ2n) is 6.80. The molecule has 2 heterocycles. The zero-order chi connectivity index (χ0) is 18.7. The second kappa shape index (κ2) is 8.57. The van der Waals surface area contributed by atoms with Crippen molar-refractivity contribution < 1.29 is 14.3 Å². The van der Waals surface area contributed by atoms with Crippen molar-refractivity contribution in [2.24, 2.45) is 0 Å². The van der Waals surface area contributed by atoms with Crippen LogP contribution in [-0.2, 0) is 14.3 Å². The van der Waals surface area contributed by atoms with Crippen molar-refractivity contribution in [2.75, 3.05) is 38.1 Å². The third-order valence-electron chi connectivity index (χ3n) is 4.73. The third-order valence-corrected chi connectivity index (χ3v) is 5.16. The fourth-order valence-corrected chi connectivity index (χ4v) is 4.01. The Morgan fingerprint density at radius 3 is 2.65 bits per heavy atom. The Hall–Kier alpha value is -1.34. The van der Waals surface area contributed by atoms with Crippen LogP contribution in [0.25, 0.3) is 0 Å². The molecular weight excluding hydrogens is 377 g/mol. The van der Waals surface area contributed by atoms with Gasteiger partial charge in [0.25, 0.3) is 0 Å². The molecular formula is C18H23Cl2N3O3. The molecule has 3 rings (SSSR count). The van der Waals surface area contributed by atoms with E-state index in [9.17, 15) is 9.59 Å². The largest absolute Gasteiger partial charge is 0.375 e. The molecule has 0 radical (unpaired) electrons. The summed E-state index contributed by atoms with van der Waals surface area (Å²) in [5, 5.41) is 3.79. The molecule has 2 atom stereocenters. The van der Waals surface area contributed by atoms with Crippen LogP contribution >= 0.6 is 23.2 Å². The average molecular weight is 400 g/mol. The van der Waals surface area contributed by atoms with E-state index in [1.54, 1.807) is 18.2 Å². The van der Waals surface area contributed by atoms with Gasteiger partial charge in [0, 0.05) is 28.8 Å². The number of morpholine rings is 1. The molecule has 1 aromatic carbocycles. The van der Waals surface area contributed by atoms with Crippen molar-refractivity contribution in [3.05, 3.63) is 28.2 Å². The van der Waals surface area contributed by atoms with E-state index in [4.69, 9.17) is 27.9 Å². The molecule has 1 aromatic rings. The van der Waals surface area contributed by atoms with E-state index in [1.165, 1.54) is 0 Å². The quantitative estimate of drug-likeness (QED) is 0.844. The predicted octanol–water partition coefficient (Wildman–Crippen LogP) is 2.64. The van der Waals surface area contributed by atoms with Gasteiger partial charge >= 0.3 is 0 Å². The Bertz CT molecular complexity index is 665. The van der Waals surface area contributed by atoms with Gasteiger partial charge in [-0.05, 0) is 44.5 Å². The van der Waals surface area contributed by atoms with E-state index in [0.29, 0.717) is 35.4 Å². The lowest BCUT2D eigenvalue weighted by molar-refractivity contribution is -0.140. The predicted molar refractivity (Wildman–Crippen MR) is 102 cm³/mol.